The zero-order valence-corrected chi connectivity index (χ0v) is 13.2. The Balaban J connectivity index is 2.64. The Morgan fingerprint density at radius 1 is 1.21 bits per heavy atom. The molecule has 0 bridgehead atoms. The molecule has 1 amide bonds. The molecule has 0 saturated carbocycles. The molecule has 0 spiro atoms. The fourth-order valence-corrected chi connectivity index (χ4v) is 1.69. The third-order valence-electron chi connectivity index (χ3n) is 2.63. The Kier molecular flexibility index (Phi) is 4.43. The number of aromatic nitrogens is 1. The Hall–Kier alpha value is -1.32. The second-order valence-electron chi connectivity index (χ2n) is 7.08. The van der Waals surface area contributed by atoms with Crippen LogP contribution in [0.4, 0.5) is 0 Å². The van der Waals surface area contributed by atoms with Crippen molar-refractivity contribution in [1.82, 2.24) is 10.3 Å². The highest BCUT2D eigenvalue weighted by Gasteiger charge is 2.22. The van der Waals surface area contributed by atoms with Gasteiger partial charge >= 0.3 is 0 Å². The molecule has 108 valence electrons. The minimum absolute atomic E-state index is 0.0422. The van der Waals surface area contributed by atoms with Crippen molar-refractivity contribution in [2.45, 2.75) is 72.3 Å². The Labute approximate surface area is 116 Å². The molecular weight excluding hydrogens is 240 g/mol. The van der Waals surface area contributed by atoms with Crippen molar-refractivity contribution in [3.05, 3.63) is 17.3 Å². The van der Waals surface area contributed by atoms with Crippen LogP contribution in [0.15, 0.2) is 4.42 Å². The number of carbonyl (C=O) groups is 1. The van der Waals surface area contributed by atoms with Crippen LogP contribution in [0.2, 0.25) is 0 Å². The predicted octanol–water partition coefficient (Wildman–Crippen LogP) is 3.13. The second kappa shape index (κ2) is 5.35. The molecule has 4 heteroatoms. The van der Waals surface area contributed by atoms with Crippen LogP contribution in [0, 0.1) is 6.92 Å². The van der Waals surface area contributed by atoms with E-state index in [0.717, 1.165) is 17.3 Å². The maximum atomic E-state index is 11.8. The van der Waals surface area contributed by atoms with E-state index in [1.165, 1.54) is 0 Å². The summed E-state index contributed by atoms with van der Waals surface area (Å²) in [5.74, 6) is 1.59. The highest BCUT2D eigenvalue weighted by Crippen LogP contribution is 2.24. The number of nitrogens with one attached hydrogen (secondary N) is 1. The summed E-state index contributed by atoms with van der Waals surface area (Å²) in [4.78, 5) is 16.2. The maximum absolute atomic E-state index is 11.8. The van der Waals surface area contributed by atoms with Crippen molar-refractivity contribution < 1.29 is 9.21 Å². The number of hydrogen-bond acceptors (Lipinski definition) is 3. The first kappa shape index (κ1) is 15.7. The number of nitrogens with zero attached hydrogens (tertiary/aromatic N) is 1. The topological polar surface area (TPSA) is 55.1 Å². The molecule has 4 nitrogen and oxygen atoms in total. The number of carbonyl (C=O) groups excluding carboxylic acids is 1. The summed E-state index contributed by atoms with van der Waals surface area (Å²) in [7, 11) is 0. The third kappa shape index (κ3) is 5.05. The highest BCUT2D eigenvalue weighted by atomic mass is 16.4. The van der Waals surface area contributed by atoms with E-state index >= 15 is 0 Å². The zero-order chi connectivity index (χ0) is 14.8. The van der Waals surface area contributed by atoms with Gasteiger partial charge in [-0.25, -0.2) is 4.98 Å². The van der Waals surface area contributed by atoms with Crippen LogP contribution in [-0.4, -0.2) is 16.4 Å². The first-order valence-electron chi connectivity index (χ1n) is 6.77. The lowest BCUT2D eigenvalue weighted by molar-refractivity contribution is -0.122. The highest BCUT2D eigenvalue weighted by molar-refractivity contribution is 5.76. The van der Waals surface area contributed by atoms with Gasteiger partial charge in [0.2, 0.25) is 5.91 Å². The molecule has 1 aromatic heterocycles. The molecule has 19 heavy (non-hydrogen) atoms. The van der Waals surface area contributed by atoms with Gasteiger partial charge in [-0.15, -0.1) is 0 Å². The van der Waals surface area contributed by atoms with E-state index in [2.05, 4.69) is 31.1 Å². The summed E-state index contributed by atoms with van der Waals surface area (Å²) in [5, 5.41) is 2.94. The van der Waals surface area contributed by atoms with Crippen LogP contribution in [-0.2, 0) is 16.6 Å². The fourth-order valence-electron chi connectivity index (χ4n) is 1.69. The zero-order valence-electron chi connectivity index (χ0n) is 13.2. The van der Waals surface area contributed by atoms with Gasteiger partial charge in [-0.05, 0) is 27.7 Å². The van der Waals surface area contributed by atoms with E-state index in [1.54, 1.807) is 0 Å². The molecule has 0 aromatic carbocycles. The van der Waals surface area contributed by atoms with Crippen molar-refractivity contribution >= 4 is 5.91 Å². The number of aryl methyl sites for hydroxylation is 2. The fraction of sp³-hybridized carbons (Fsp3) is 0.733. The largest absolute Gasteiger partial charge is 0.445 e. The molecule has 0 radical (unpaired) electrons. The number of rotatable bonds is 3. The molecule has 0 unspecified atom stereocenters. The molecule has 1 N–H and O–H groups in total. The van der Waals surface area contributed by atoms with E-state index in [0.29, 0.717) is 12.8 Å². The molecule has 0 aliphatic carbocycles. The SMILES string of the molecule is Cc1nc(C(C)(C)C)oc1CCC(=O)NC(C)(C)C. The minimum atomic E-state index is -0.190. The molecule has 0 atom stereocenters. The number of hydrogen-bond donors (Lipinski definition) is 1. The maximum Gasteiger partial charge on any atom is 0.220 e. The van der Waals surface area contributed by atoms with E-state index in [-0.39, 0.29) is 16.9 Å². The number of oxazole rings is 1. The summed E-state index contributed by atoms with van der Waals surface area (Å²) >= 11 is 0. The summed E-state index contributed by atoms with van der Waals surface area (Å²) in [5.41, 5.74) is 0.592. The van der Waals surface area contributed by atoms with Crippen LogP contribution in [0.3, 0.4) is 0 Å². The summed E-state index contributed by atoms with van der Waals surface area (Å²) in [6, 6.07) is 0. The third-order valence-corrected chi connectivity index (χ3v) is 2.63. The standard InChI is InChI=1S/C15H26N2O2/c1-10-11(19-13(16-10)14(2,3)4)8-9-12(18)17-15(5,6)7/h8-9H2,1-7H3,(H,17,18). The normalized spacial score (nSPS) is 12.6. The van der Waals surface area contributed by atoms with Gasteiger partial charge in [0.05, 0.1) is 5.69 Å². The van der Waals surface area contributed by atoms with Crippen molar-refractivity contribution in [3.63, 3.8) is 0 Å². The van der Waals surface area contributed by atoms with Gasteiger partial charge in [0.25, 0.3) is 0 Å². The van der Waals surface area contributed by atoms with Crippen molar-refractivity contribution in [2.75, 3.05) is 0 Å². The Morgan fingerprint density at radius 2 is 1.79 bits per heavy atom. The molecule has 0 aliphatic heterocycles. The van der Waals surface area contributed by atoms with E-state index in [9.17, 15) is 4.79 Å². The van der Waals surface area contributed by atoms with Crippen molar-refractivity contribution in [2.24, 2.45) is 0 Å². The van der Waals surface area contributed by atoms with E-state index in [4.69, 9.17) is 4.42 Å². The van der Waals surface area contributed by atoms with Gasteiger partial charge in [0.1, 0.15) is 5.76 Å². The summed E-state index contributed by atoms with van der Waals surface area (Å²) in [6.07, 6.45) is 1.02. The average Bonchev–Trinajstić information content (AvgIpc) is 2.53. The number of amides is 1. The first-order chi connectivity index (χ1) is 8.49. The minimum Gasteiger partial charge on any atom is -0.445 e. The van der Waals surface area contributed by atoms with Crippen LogP contribution >= 0.6 is 0 Å². The molecular formula is C15H26N2O2. The quantitative estimate of drug-likeness (QED) is 0.914. The van der Waals surface area contributed by atoms with Crippen molar-refractivity contribution in [1.29, 1.82) is 0 Å². The van der Waals surface area contributed by atoms with Crippen LogP contribution in [0.1, 0.15) is 65.3 Å². The molecule has 0 fully saturated rings. The molecule has 1 aromatic rings. The van der Waals surface area contributed by atoms with Gasteiger partial charge in [0, 0.05) is 23.8 Å². The lowest BCUT2D eigenvalue weighted by Gasteiger charge is -2.20. The second-order valence-corrected chi connectivity index (χ2v) is 7.08. The summed E-state index contributed by atoms with van der Waals surface area (Å²) < 4.78 is 5.77. The van der Waals surface area contributed by atoms with Gasteiger partial charge in [-0.1, -0.05) is 20.8 Å². The van der Waals surface area contributed by atoms with Gasteiger partial charge < -0.3 is 9.73 Å². The van der Waals surface area contributed by atoms with Crippen LogP contribution in [0.25, 0.3) is 0 Å². The van der Waals surface area contributed by atoms with Gasteiger partial charge in [-0.3, -0.25) is 4.79 Å². The van der Waals surface area contributed by atoms with Crippen LogP contribution in [0.5, 0.6) is 0 Å². The van der Waals surface area contributed by atoms with E-state index in [1.807, 2.05) is 27.7 Å². The Bertz CT molecular complexity index is 448. The summed E-state index contributed by atoms with van der Waals surface area (Å²) in [6.45, 7) is 14.0. The molecule has 1 rings (SSSR count). The van der Waals surface area contributed by atoms with Gasteiger partial charge in [0.15, 0.2) is 5.89 Å². The molecule has 0 saturated heterocycles. The molecule has 1 heterocycles. The Morgan fingerprint density at radius 3 is 2.21 bits per heavy atom. The van der Waals surface area contributed by atoms with Crippen LogP contribution < -0.4 is 5.32 Å². The van der Waals surface area contributed by atoms with Gasteiger partial charge in [-0.2, -0.15) is 0 Å². The lowest BCUT2D eigenvalue weighted by Crippen LogP contribution is -2.40. The average molecular weight is 266 g/mol. The first-order valence-corrected chi connectivity index (χ1v) is 6.77. The predicted molar refractivity (Wildman–Crippen MR) is 76.2 cm³/mol. The smallest absolute Gasteiger partial charge is 0.220 e. The molecule has 0 aliphatic rings. The lowest BCUT2D eigenvalue weighted by atomic mass is 9.97. The van der Waals surface area contributed by atoms with Crippen molar-refractivity contribution in [3.8, 4) is 0 Å². The monoisotopic (exact) mass is 266 g/mol. The van der Waals surface area contributed by atoms with E-state index < -0.39 is 0 Å².